The molecule has 3 N–H and O–H groups in total. The molecule has 0 aliphatic rings. The van der Waals surface area contributed by atoms with Crippen molar-refractivity contribution in [3.63, 3.8) is 0 Å². The van der Waals surface area contributed by atoms with Gasteiger partial charge < -0.3 is 14.7 Å². The van der Waals surface area contributed by atoms with Crippen molar-refractivity contribution in [2.75, 3.05) is 6.61 Å². The van der Waals surface area contributed by atoms with Crippen LogP contribution in [0.3, 0.4) is 0 Å². The molecule has 0 amide bonds. The molecular weight excluding hydrogens is 414 g/mol. The van der Waals surface area contributed by atoms with Crippen molar-refractivity contribution in [2.45, 2.75) is 79.6 Å². The number of hydrogen-bond donors (Lipinski definition) is 3. The summed E-state index contributed by atoms with van der Waals surface area (Å²) in [6.07, 6.45) is 13.4. The Morgan fingerprint density at radius 1 is 0.862 bits per heavy atom. The van der Waals surface area contributed by atoms with E-state index in [2.05, 4.69) is 54.8 Å². The topological polar surface area (TPSA) is 113 Å². The van der Waals surface area contributed by atoms with E-state index in [-0.39, 0.29) is 12.5 Å². The van der Waals surface area contributed by atoms with Gasteiger partial charge in [-0.3, -0.25) is 4.52 Å². The first-order valence-corrected chi connectivity index (χ1v) is 13.0. The molecule has 1 unspecified atom stereocenters. The Bertz CT molecular complexity index is 658. The summed E-state index contributed by atoms with van der Waals surface area (Å²) in [4.78, 5) is 26.3. The van der Waals surface area contributed by atoms with Gasteiger partial charge in [-0.2, -0.15) is 4.31 Å². The smallest absolute Gasteiger partial charge is 0.302 e. The van der Waals surface area contributed by atoms with Crippen LogP contribution < -0.4 is 0 Å². The first-order chi connectivity index (χ1) is 13.3. The van der Waals surface area contributed by atoms with Crippen LogP contribution in [0.15, 0.2) is 34.9 Å². The fourth-order valence-electron chi connectivity index (χ4n) is 2.62. The van der Waals surface area contributed by atoms with Crippen molar-refractivity contribution in [1.82, 2.24) is 0 Å². The molecule has 0 bridgehead atoms. The Kier molecular flexibility index (Phi) is 14.2. The number of hydrogen-bond acceptors (Lipinski definition) is 4. The summed E-state index contributed by atoms with van der Waals surface area (Å²) in [6.45, 7) is 10.4. The van der Waals surface area contributed by atoms with Crippen LogP contribution in [0.25, 0.3) is 0 Å². The maximum Gasteiger partial charge on any atom is 0.481 e. The molecule has 0 aliphatic carbocycles. The van der Waals surface area contributed by atoms with Crippen LogP contribution in [0.1, 0.15) is 79.6 Å². The van der Waals surface area contributed by atoms with Gasteiger partial charge in [0.15, 0.2) is 0 Å². The highest BCUT2D eigenvalue weighted by molar-refractivity contribution is 7.60. The Morgan fingerprint density at radius 3 is 1.90 bits per heavy atom. The van der Waals surface area contributed by atoms with E-state index in [0.29, 0.717) is 6.42 Å². The fourth-order valence-corrected chi connectivity index (χ4v) is 4.22. The largest absolute Gasteiger partial charge is 0.481 e. The lowest BCUT2D eigenvalue weighted by atomic mass is 10.0. The minimum atomic E-state index is -5.06. The fraction of sp³-hybridized carbons (Fsp3) is 0.700. The molecule has 0 aromatic heterocycles. The van der Waals surface area contributed by atoms with E-state index >= 15 is 0 Å². The van der Waals surface area contributed by atoms with Gasteiger partial charge in [-0.25, -0.2) is 9.13 Å². The molecule has 170 valence electrons. The van der Waals surface area contributed by atoms with E-state index in [1.54, 1.807) is 0 Å². The number of phosphoric ester groups is 1. The first-order valence-electron chi connectivity index (χ1n) is 9.99. The van der Waals surface area contributed by atoms with Crippen molar-refractivity contribution in [1.29, 1.82) is 0 Å². The summed E-state index contributed by atoms with van der Waals surface area (Å²) in [7, 11) is -9.79. The number of rotatable bonds is 15. The number of phosphoric acid groups is 2. The predicted molar refractivity (Wildman–Crippen MR) is 117 cm³/mol. The van der Waals surface area contributed by atoms with Gasteiger partial charge in [-0.15, -0.1) is 0 Å². The minimum Gasteiger partial charge on any atom is -0.302 e. The summed E-state index contributed by atoms with van der Waals surface area (Å²) in [5.41, 5.74) is 4.13. The first kappa shape index (κ1) is 28.5. The van der Waals surface area contributed by atoms with Crippen molar-refractivity contribution < 1.29 is 32.6 Å². The second-order valence-corrected chi connectivity index (χ2v) is 10.6. The summed E-state index contributed by atoms with van der Waals surface area (Å²) in [5.74, 6) is 0.242. The van der Waals surface area contributed by atoms with E-state index in [4.69, 9.17) is 9.79 Å². The van der Waals surface area contributed by atoms with Crippen LogP contribution in [-0.4, -0.2) is 21.3 Å². The lowest BCUT2D eigenvalue weighted by molar-refractivity contribution is 0.170. The Labute approximate surface area is 175 Å². The lowest BCUT2D eigenvalue weighted by Crippen LogP contribution is -2.02. The lowest BCUT2D eigenvalue weighted by Gasteiger charge is -2.14. The molecule has 0 radical (unpaired) electrons. The molecule has 29 heavy (non-hydrogen) atoms. The highest BCUT2D eigenvalue weighted by Gasteiger charge is 2.32. The minimum absolute atomic E-state index is 0.103. The Morgan fingerprint density at radius 2 is 1.38 bits per heavy atom. The van der Waals surface area contributed by atoms with Crippen molar-refractivity contribution in [3.05, 3.63) is 34.9 Å². The third kappa shape index (κ3) is 19.2. The molecule has 0 rings (SSSR count). The maximum absolute atomic E-state index is 11.4. The van der Waals surface area contributed by atoms with Crippen molar-refractivity contribution in [2.24, 2.45) is 5.92 Å². The average molecular weight is 452 g/mol. The molecule has 0 aliphatic heterocycles. The maximum atomic E-state index is 11.4. The summed E-state index contributed by atoms with van der Waals surface area (Å²) in [5, 5.41) is 0. The summed E-state index contributed by atoms with van der Waals surface area (Å²) >= 11 is 0. The monoisotopic (exact) mass is 452 g/mol. The molecule has 9 heteroatoms. The van der Waals surface area contributed by atoms with Crippen LogP contribution in [0, 0.1) is 5.92 Å². The quantitative estimate of drug-likeness (QED) is 0.194. The SMILES string of the molecule is CC(C)=CCC/C(C)=C/CC/C(C)=C/CC[C@H](C)CCOP(=O)(O)OP(=O)(O)O. The third-order valence-electron chi connectivity index (χ3n) is 4.35. The molecule has 0 aromatic rings. The van der Waals surface area contributed by atoms with E-state index in [1.165, 1.54) is 16.7 Å². The second-order valence-electron chi connectivity index (χ2n) is 7.80. The second kappa shape index (κ2) is 14.5. The molecule has 2 atom stereocenters. The van der Waals surface area contributed by atoms with Gasteiger partial charge in [0, 0.05) is 0 Å². The van der Waals surface area contributed by atoms with Gasteiger partial charge in [0.05, 0.1) is 6.61 Å². The van der Waals surface area contributed by atoms with Crippen LogP contribution >= 0.6 is 15.6 Å². The van der Waals surface area contributed by atoms with Crippen molar-refractivity contribution in [3.8, 4) is 0 Å². The Balaban J connectivity index is 4.05. The number of allylic oxidation sites excluding steroid dienone is 6. The van der Waals surface area contributed by atoms with Crippen LogP contribution in [0.4, 0.5) is 0 Å². The van der Waals surface area contributed by atoms with E-state index in [1.807, 2.05) is 6.92 Å². The third-order valence-corrected chi connectivity index (χ3v) is 6.53. The molecule has 0 saturated carbocycles. The van der Waals surface area contributed by atoms with Gasteiger partial charge in [0.25, 0.3) is 0 Å². The average Bonchev–Trinajstić information content (AvgIpc) is 2.51. The molecule has 0 saturated heterocycles. The normalized spacial score (nSPS) is 16.4. The molecular formula is C20H38O7P2. The Hall–Kier alpha value is -0.520. The van der Waals surface area contributed by atoms with Gasteiger partial charge in [0.1, 0.15) is 0 Å². The van der Waals surface area contributed by atoms with E-state index in [0.717, 1.165) is 38.5 Å². The van der Waals surface area contributed by atoms with Gasteiger partial charge in [0.2, 0.25) is 0 Å². The highest BCUT2D eigenvalue weighted by atomic mass is 31.3. The molecule has 7 nitrogen and oxygen atoms in total. The van der Waals surface area contributed by atoms with Gasteiger partial charge >= 0.3 is 15.6 Å². The van der Waals surface area contributed by atoms with E-state index < -0.39 is 15.6 Å². The highest BCUT2D eigenvalue weighted by Crippen LogP contribution is 2.57. The van der Waals surface area contributed by atoms with Gasteiger partial charge in [-0.05, 0) is 78.6 Å². The molecule has 0 spiro atoms. The molecule has 0 fully saturated rings. The predicted octanol–water partition coefficient (Wildman–Crippen LogP) is 6.44. The van der Waals surface area contributed by atoms with Crippen LogP contribution in [0.2, 0.25) is 0 Å². The zero-order valence-corrected chi connectivity index (χ0v) is 20.1. The standard InChI is InChI=1S/C20H38O7P2/c1-17(2)9-6-10-18(3)11-7-12-19(4)13-8-14-20(5)15-16-26-29(24,25)27-28(21,22)23/h9,11,13,20H,6-8,10,12,14-16H2,1-5H3,(H,24,25)(H2,21,22,23)/b18-11+,19-13+/t20-/m0/s1. The van der Waals surface area contributed by atoms with Gasteiger partial charge in [-0.1, -0.05) is 41.9 Å². The molecule has 0 heterocycles. The van der Waals surface area contributed by atoms with Crippen LogP contribution in [0.5, 0.6) is 0 Å². The zero-order valence-electron chi connectivity index (χ0n) is 18.3. The van der Waals surface area contributed by atoms with E-state index in [9.17, 15) is 14.0 Å². The molecule has 0 aromatic carbocycles. The van der Waals surface area contributed by atoms with Crippen molar-refractivity contribution >= 4 is 15.6 Å². The summed E-state index contributed by atoms with van der Waals surface area (Å²) in [6, 6.07) is 0. The summed E-state index contributed by atoms with van der Waals surface area (Å²) < 4.78 is 30.3. The van der Waals surface area contributed by atoms with Crippen LogP contribution in [-0.2, 0) is 18.0 Å². The zero-order chi connectivity index (χ0) is 22.5.